The Morgan fingerprint density at radius 1 is 1.60 bits per heavy atom. The SMILES string of the molecule is Fc1cc[c]n2ccnc12. The van der Waals surface area contributed by atoms with Gasteiger partial charge in [-0.05, 0) is 12.1 Å². The molecule has 0 bridgehead atoms. The Hall–Kier alpha value is -1.38. The Morgan fingerprint density at radius 2 is 2.50 bits per heavy atom. The third-order valence-electron chi connectivity index (χ3n) is 1.30. The molecule has 0 aromatic carbocycles. The minimum Gasteiger partial charge on any atom is -0.296 e. The molecule has 0 unspecified atom stereocenters. The van der Waals surface area contributed by atoms with Crippen molar-refractivity contribution < 1.29 is 4.39 Å². The molecule has 2 aromatic heterocycles. The van der Waals surface area contributed by atoms with E-state index in [0.717, 1.165) is 0 Å². The Morgan fingerprint density at radius 3 is 3.30 bits per heavy atom. The van der Waals surface area contributed by atoms with Gasteiger partial charge in [-0.3, -0.25) is 4.40 Å². The van der Waals surface area contributed by atoms with E-state index in [-0.39, 0.29) is 5.82 Å². The number of aromatic nitrogens is 2. The van der Waals surface area contributed by atoms with Gasteiger partial charge in [-0.25, -0.2) is 9.37 Å². The molecule has 2 heterocycles. The van der Waals surface area contributed by atoms with Crippen LogP contribution in [0.2, 0.25) is 0 Å². The van der Waals surface area contributed by atoms with Gasteiger partial charge in [-0.1, -0.05) is 0 Å². The maximum absolute atomic E-state index is 12.7. The van der Waals surface area contributed by atoms with Gasteiger partial charge in [0.1, 0.15) is 0 Å². The summed E-state index contributed by atoms with van der Waals surface area (Å²) in [5, 5.41) is 0. The van der Waals surface area contributed by atoms with Crippen LogP contribution >= 0.6 is 0 Å². The minimum atomic E-state index is -0.316. The summed E-state index contributed by atoms with van der Waals surface area (Å²) in [5.74, 6) is -0.316. The second kappa shape index (κ2) is 1.80. The van der Waals surface area contributed by atoms with Crippen molar-refractivity contribution in [1.82, 2.24) is 9.38 Å². The van der Waals surface area contributed by atoms with Gasteiger partial charge in [-0.15, -0.1) is 0 Å². The molecule has 0 amide bonds. The van der Waals surface area contributed by atoms with Crippen LogP contribution in [0.15, 0.2) is 24.5 Å². The molecule has 0 aliphatic heterocycles. The molecule has 2 nitrogen and oxygen atoms in total. The molecule has 1 radical (unpaired) electrons. The van der Waals surface area contributed by atoms with E-state index in [2.05, 4.69) is 11.2 Å². The van der Waals surface area contributed by atoms with E-state index >= 15 is 0 Å². The topological polar surface area (TPSA) is 17.3 Å². The molecule has 0 atom stereocenters. The zero-order valence-corrected chi connectivity index (χ0v) is 5.08. The predicted molar refractivity (Wildman–Crippen MR) is 34.0 cm³/mol. The van der Waals surface area contributed by atoms with Crippen LogP contribution < -0.4 is 0 Å². The summed E-state index contributed by atoms with van der Waals surface area (Å²) in [6, 6.07) is 2.85. The van der Waals surface area contributed by atoms with Gasteiger partial charge in [0.05, 0.1) is 6.20 Å². The zero-order chi connectivity index (χ0) is 6.97. The fourth-order valence-corrected chi connectivity index (χ4v) is 0.850. The first-order valence-electron chi connectivity index (χ1n) is 2.87. The quantitative estimate of drug-likeness (QED) is 0.531. The van der Waals surface area contributed by atoms with Crippen molar-refractivity contribution in [3.05, 3.63) is 36.5 Å². The van der Waals surface area contributed by atoms with Crippen LogP contribution in [0.25, 0.3) is 5.65 Å². The van der Waals surface area contributed by atoms with E-state index in [1.54, 1.807) is 6.20 Å². The highest BCUT2D eigenvalue weighted by molar-refractivity contribution is 5.38. The fourth-order valence-electron chi connectivity index (χ4n) is 0.850. The number of hydrogen-bond donors (Lipinski definition) is 0. The van der Waals surface area contributed by atoms with Crippen LogP contribution in [0.5, 0.6) is 0 Å². The van der Waals surface area contributed by atoms with Gasteiger partial charge < -0.3 is 0 Å². The van der Waals surface area contributed by atoms with Crippen LogP contribution in [0.3, 0.4) is 0 Å². The summed E-state index contributed by atoms with van der Waals surface area (Å²) in [6.45, 7) is 0. The van der Waals surface area contributed by atoms with E-state index < -0.39 is 0 Å². The third-order valence-corrected chi connectivity index (χ3v) is 1.30. The summed E-state index contributed by atoms with van der Waals surface area (Å²) in [6.07, 6.45) is 5.97. The average Bonchev–Trinajstić information content (AvgIpc) is 2.36. The number of fused-ring (bicyclic) bond motifs is 1. The van der Waals surface area contributed by atoms with Gasteiger partial charge in [-0.2, -0.15) is 0 Å². The summed E-state index contributed by atoms with van der Waals surface area (Å²) in [5.41, 5.74) is 0.322. The Balaban J connectivity index is 2.95. The normalized spacial score (nSPS) is 10.5. The van der Waals surface area contributed by atoms with Crippen LogP contribution in [0.1, 0.15) is 0 Å². The van der Waals surface area contributed by atoms with Crippen LogP contribution in [0, 0.1) is 12.0 Å². The van der Waals surface area contributed by atoms with Crippen molar-refractivity contribution in [1.29, 1.82) is 0 Å². The lowest BCUT2D eigenvalue weighted by atomic mass is 10.4. The van der Waals surface area contributed by atoms with Crippen molar-refractivity contribution in [3.63, 3.8) is 0 Å². The molecule has 2 aromatic rings. The zero-order valence-electron chi connectivity index (χ0n) is 5.08. The lowest BCUT2D eigenvalue weighted by Gasteiger charge is -1.89. The van der Waals surface area contributed by atoms with E-state index in [1.807, 2.05) is 0 Å². The van der Waals surface area contributed by atoms with E-state index in [4.69, 9.17) is 0 Å². The number of nitrogens with zero attached hydrogens (tertiary/aromatic N) is 2. The van der Waals surface area contributed by atoms with Gasteiger partial charge >= 0.3 is 0 Å². The van der Waals surface area contributed by atoms with Crippen molar-refractivity contribution in [2.24, 2.45) is 0 Å². The number of rotatable bonds is 0. The summed E-state index contributed by atoms with van der Waals surface area (Å²) in [4.78, 5) is 3.77. The number of imidazole rings is 1. The lowest BCUT2D eigenvalue weighted by molar-refractivity contribution is 0.629. The highest BCUT2D eigenvalue weighted by Gasteiger charge is 1.97. The smallest absolute Gasteiger partial charge is 0.173 e. The first-order chi connectivity index (χ1) is 4.88. The number of halogens is 1. The minimum absolute atomic E-state index is 0.316. The first-order valence-corrected chi connectivity index (χ1v) is 2.87. The van der Waals surface area contributed by atoms with Gasteiger partial charge in [0.25, 0.3) is 0 Å². The Bertz CT molecular complexity index is 353. The van der Waals surface area contributed by atoms with Crippen molar-refractivity contribution in [3.8, 4) is 0 Å². The molecule has 0 aliphatic carbocycles. The second-order valence-electron chi connectivity index (χ2n) is 1.93. The molecule has 0 saturated carbocycles. The molecule has 0 aliphatic rings. The van der Waals surface area contributed by atoms with Crippen LogP contribution in [-0.4, -0.2) is 9.38 Å². The molecule has 0 fully saturated rings. The Kier molecular flexibility index (Phi) is 0.974. The van der Waals surface area contributed by atoms with Crippen LogP contribution in [-0.2, 0) is 0 Å². The molecule has 0 N–H and O–H groups in total. The molecule has 3 heteroatoms. The molecule has 0 spiro atoms. The van der Waals surface area contributed by atoms with Crippen molar-refractivity contribution in [2.75, 3.05) is 0 Å². The van der Waals surface area contributed by atoms with Crippen molar-refractivity contribution in [2.45, 2.75) is 0 Å². The maximum atomic E-state index is 12.7. The van der Waals surface area contributed by atoms with E-state index in [9.17, 15) is 4.39 Å². The average molecular weight is 135 g/mol. The summed E-state index contributed by atoms with van der Waals surface area (Å²) < 4.78 is 14.2. The molecular weight excluding hydrogens is 131 g/mol. The largest absolute Gasteiger partial charge is 0.296 e. The first kappa shape index (κ1) is 5.41. The molecule has 49 valence electrons. The summed E-state index contributed by atoms with van der Waals surface area (Å²) in [7, 11) is 0. The van der Waals surface area contributed by atoms with Gasteiger partial charge in [0.15, 0.2) is 11.5 Å². The standard InChI is InChI=1S/C7H4FN2/c8-6-2-1-4-10-5-3-9-7(6)10/h1-3,5H. The van der Waals surface area contributed by atoms with Gasteiger partial charge in [0, 0.05) is 12.4 Å². The molecule has 2 rings (SSSR count). The molecular formula is C7H4FN2. The highest BCUT2D eigenvalue weighted by atomic mass is 19.1. The Labute approximate surface area is 56.9 Å². The van der Waals surface area contributed by atoms with Crippen molar-refractivity contribution >= 4 is 5.65 Å². The molecule has 0 saturated heterocycles. The van der Waals surface area contributed by atoms with E-state index in [1.165, 1.54) is 22.7 Å². The monoisotopic (exact) mass is 135 g/mol. The number of hydrogen-bond acceptors (Lipinski definition) is 1. The predicted octanol–water partition coefficient (Wildman–Crippen LogP) is 1.27. The second-order valence-corrected chi connectivity index (χ2v) is 1.93. The number of pyridine rings is 1. The maximum Gasteiger partial charge on any atom is 0.173 e. The fraction of sp³-hybridized carbons (Fsp3) is 0. The third kappa shape index (κ3) is 0.603. The molecule has 10 heavy (non-hydrogen) atoms. The highest BCUT2D eigenvalue weighted by Crippen LogP contribution is 2.04. The van der Waals surface area contributed by atoms with E-state index in [0.29, 0.717) is 5.65 Å². The summed E-state index contributed by atoms with van der Waals surface area (Å²) >= 11 is 0. The van der Waals surface area contributed by atoms with Gasteiger partial charge in [0.2, 0.25) is 0 Å². The lowest BCUT2D eigenvalue weighted by Crippen LogP contribution is -1.85. The van der Waals surface area contributed by atoms with Crippen LogP contribution in [0.4, 0.5) is 4.39 Å².